The molecule has 11 aromatic rings. The van der Waals surface area contributed by atoms with Crippen molar-refractivity contribution in [3.8, 4) is 50.6 Å². The van der Waals surface area contributed by atoms with Crippen molar-refractivity contribution in [1.82, 2.24) is 14.5 Å². The molecule has 0 amide bonds. The van der Waals surface area contributed by atoms with Crippen molar-refractivity contribution in [2.75, 3.05) is 0 Å². The van der Waals surface area contributed by atoms with E-state index in [1.807, 2.05) is 0 Å². The van der Waals surface area contributed by atoms with E-state index < -0.39 is 0 Å². The van der Waals surface area contributed by atoms with E-state index in [-0.39, 0.29) is 0 Å². The summed E-state index contributed by atoms with van der Waals surface area (Å²) in [5, 5.41) is 10.7. The Morgan fingerprint density at radius 1 is 0.340 bits per heavy atom. The van der Waals surface area contributed by atoms with Gasteiger partial charge in [-0.05, 0) is 84.6 Å². The molecule has 0 radical (unpaired) electrons. The summed E-state index contributed by atoms with van der Waals surface area (Å²) in [7, 11) is 0. The number of fused-ring (bicyclic) bond motifs is 11. The van der Waals surface area contributed by atoms with Crippen molar-refractivity contribution in [2.24, 2.45) is 0 Å². The molecule has 244 valence electrons. The van der Waals surface area contributed by atoms with Crippen LogP contribution in [0.2, 0.25) is 0 Å². The fourth-order valence-electron chi connectivity index (χ4n) is 8.90. The van der Waals surface area contributed by atoms with E-state index in [1.54, 1.807) is 0 Å². The van der Waals surface area contributed by atoms with Gasteiger partial charge in [0.15, 0.2) is 0 Å². The molecule has 3 heteroatoms. The number of aromatic nitrogens is 3. The Hall–Kier alpha value is -7.10. The van der Waals surface area contributed by atoms with Gasteiger partial charge in [0.1, 0.15) is 0 Å². The van der Waals surface area contributed by atoms with Gasteiger partial charge in [-0.25, -0.2) is 9.97 Å². The van der Waals surface area contributed by atoms with Gasteiger partial charge in [0.25, 0.3) is 0 Å². The molecular formula is C50H29N3. The topological polar surface area (TPSA) is 30.7 Å². The highest BCUT2D eigenvalue weighted by Crippen LogP contribution is 2.51. The van der Waals surface area contributed by atoms with Crippen LogP contribution in [0.4, 0.5) is 0 Å². The fraction of sp³-hybridized carbons (Fsp3) is 0. The van der Waals surface area contributed by atoms with Crippen LogP contribution >= 0.6 is 0 Å². The third-order valence-corrected chi connectivity index (χ3v) is 11.3. The summed E-state index contributed by atoms with van der Waals surface area (Å²) in [6.45, 7) is 0. The van der Waals surface area contributed by atoms with E-state index in [0.717, 1.165) is 44.0 Å². The molecule has 0 bridgehead atoms. The summed E-state index contributed by atoms with van der Waals surface area (Å²) in [4.78, 5) is 11.1. The smallest absolute Gasteiger partial charge is 0.235 e. The molecule has 3 nitrogen and oxygen atoms in total. The van der Waals surface area contributed by atoms with Crippen molar-refractivity contribution in [1.29, 1.82) is 0 Å². The van der Waals surface area contributed by atoms with Gasteiger partial charge in [-0.15, -0.1) is 0 Å². The molecule has 0 N–H and O–H groups in total. The monoisotopic (exact) mass is 671 g/mol. The highest BCUT2D eigenvalue weighted by molar-refractivity contribution is 6.30. The van der Waals surface area contributed by atoms with Gasteiger partial charge in [0, 0.05) is 27.1 Å². The Morgan fingerprint density at radius 3 is 1.81 bits per heavy atom. The van der Waals surface area contributed by atoms with Gasteiger partial charge < -0.3 is 0 Å². The van der Waals surface area contributed by atoms with Crippen molar-refractivity contribution in [3.63, 3.8) is 0 Å². The first kappa shape index (κ1) is 28.6. The summed E-state index contributed by atoms with van der Waals surface area (Å²) in [5.41, 5.74) is 12.6. The van der Waals surface area contributed by atoms with E-state index in [1.165, 1.54) is 65.7 Å². The SMILES string of the molecule is c1ccc(-c2ccc(-c3nc(-n4c5cc6ccccc6cc5c5c6cccc7c6c(cc54)-c4ccccc4-7)nc4c3ccc3ccccc34)cc2)cc1. The van der Waals surface area contributed by atoms with E-state index in [4.69, 9.17) is 9.97 Å². The molecule has 2 aromatic heterocycles. The summed E-state index contributed by atoms with van der Waals surface area (Å²) in [5.74, 6) is 0.667. The average molecular weight is 672 g/mol. The number of hydrogen-bond acceptors (Lipinski definition) is 2. The van der Waals surface area contributed by atoms with Crippen LogP contribution in [0.15, 0.2) is 176 Å². The molecule has 0 saturated heterocycles. The van der Waals surface area contributed by atoms with Crippen molar-refractivity contribution >= 4 is 65.0 Å². The van der Waals surface area contributed by atoms with Crippen LogP contribution in [-0.4, -0.2) is 14.5 Å². The van der Waals surface area contributed by atoms with Gasteiger partial charge in [0.05, 0.1) is 22.2 Å². The quantitative estimate of drug-likeness (QED) is 0.175. The molecule has 53 heavy (non-hydrogen) atoms. The summed E-state index contributed by atoms with van der Waals surface area (Å²) >= 11 is 0. The summed E-state index contributed by atoms with van der Waals surface area (Å²) in [6.07, 6.45) is 0. The Balaban J connectivity index is 1.22. The van der Waals surface area contributed by atoms with Crippen LogP contribution in [0, 0.1) is 0 Å². The summed E-state index contributed by atoms with van der Waals surface area (Å²) in [6, 6.07) is 63.6. The van der Waals surface area contributed by atoms with E-state index >= 15 is 0 Å². The first-order valence-corrected chi connectivity index (χ1v) is 18.2. The molecule has 12 rings (SSSR count). The molecule has 0 atom stereocenters. The largest absolute Gasteiger partial charge is 0.278 e. The average Bonchev–Trinajstić information content (AvgIpc) is 3.73. The molecule has 1 aliphatic carbocycles. The zero-order valence-corrected chi connectivity index (χ0v) is 28.6. The molecule has 0 aliphatic heterocycles. The minimum absolute atomic E-state index is 0.667. The lowest BCUT2D eigenvalue weighted by Gasteiger charge is -2.14. The second-order valence-electron chi connectivity index (χ2n) is 14.1. The molecule has 0 spiro atoms. The minimum atomic E-state index is 0.667. The highest BCUT2D eigenvalue weighted by Gasteiger charge is 2.26. The predicted molar refractivity (Wildman–Crippen MR) is 222 cm³/mol. The standard InChI is InChI=1S/C50H29N3/c1-2-11-30(12-3-1)31-21-23-33(24-22-31)48-41-26-25-32-13-6-7-16-36(32)49(41)52-50(51-48)53-44-28-35-15-5-4-14-34(35)27-43(44)47-40-20-10-19-39-37-17-8-9-18-38(37)42(46(39)40)29-45(47)53/h1-29H. The zero-order chi connectivity index (χ0) is 34.6. The Bertz CT molecular complexity index is 3320. The molecular weight excluding hydrogens is 643 g/mol. The lowest BCUT2D eigenvalue weighted by Crippen LogP contribution is -2.04. The third kappa shape index (κ3) is 4.05. The third-order valence-electron chi connectivity index (χ3n) is 11.3. The van der Waals surface area contributed by atoms with Gasteiger partial charge in [0.2, 0.25) is 5.95 Å². The number of benzene rings is 9. The molecule has 1 aliphatic rings. The van der Waals surface area contributed by atoms with Crippen LogP contribution in [-0.2, 0) is 0 Å². The van der Waals surface area contributed by atoms with E-state index in [9.17, 15) is 0 Å². The Morgan fingerprint density at radius 2 is 0.981 bits per heavy atom. The second-order valence-corrected chi connectivity index (χ2v) is 14.1. The molecule has 0 saturated carbocycles. The lowest BCUT2D eigenvalue weighted by atomic mass is 9.97. The number of rotatable bonds is 3. The second kappa shape index (κ2) is 10.7. The predicted octanol–water partition coefficient (Wildman–Crippen LogP) is 13.2. The van der Waals surface area contributed by atoms with Crippen molar-refractivity contribution in [2.45, 2.75) is 0 Å². The first-order valence-electron chi connectivity index (χ1n) is 18.2. The van der Waals surface area contributed by atoms with Crippen LogP contribution in [0.25, 0.3) is 116 Å². The minimum Gasteiger partial charge on any atom is -0.278 e. The molecule has 2 heterocycles. The Kier molecular flexibility index (Phi) is 5.77. The highest BCUT2D eigenvalue weighted by atomic mass is 15.2. The number of nitrogens with zero attached hydrogens (tertiary/aromatic N) is 3. The van der Waals surface area contributed by atoms with Gasteiger partial charge in [-0.1, -0.05) is 152 Å². The molecule has 0 fully saturated rings. The van der Waals surface area contributed by atoms with Crippen LogP contribution in [0.5, 0.6) is 0 Å². The maximum absolute atomic E-state index is 5.55. The fourth-order valence-corrected chi connectivity index (χ4v) is 8.90. The van der Waals surface area contributed by atoms with Gasteiger partial charge >= 0.3 is 0 Å². The van der Waals surface area contributed by atoms with Crippen LogP contribution in [0.1, 0.15) is 0 Å². The summed E-state index contributed by atoms with van der Waals surface area (Å²) < 4.78 is 2.32. The Labute approximate surface area is 305 Å². The van der Waals surface area contributed by atoms with Crippen LogP contribution in [0.3, 0.4) is 0 Å². The van der Waals surface area contributed by atoms with E-state index in [0.29, 0.717) is 5.95 Å². The van der Waals surface area contributed by atoms with Crippen molar-refractivity contribution in [3.05, 3.63) is 176 Å². The van der Waals surface area contributed by atoms with Gasteiger partial charge in [-0.3, -0.25) is 4.57 Å². The zero-order valence-electron chi connectivity index (χ0n) is 28.6. The lowest BCUT2D eigenvalue weighted by molar-refractivity contribution is 1.02. The molecule has 9 aromatic carbocycles. The normalized spacial score (nSPS) is 12.2. The van der Waals surface area contributed by atoms with E-state index in [2.05, 4.69) is 180 Å². The maximum atomic E-state index is 5.55. The van der Waals surface area contributed by atoms with Crippen molar-refractivity contribution < 1.29 is 0 Å². The molecule has 0 unspecified atom stereocenters. The maximum Gasteiger partial charge on any atom is 0.235 e. The van der Waals surface area contributed by atoms with Gasteiger partial charge in [-0.2, -0.15) is 0 Å². The number of hydrogen-bond donors (Lipinski definition) is 0. The first-order chi connectivity index (χ1) is 26.3. The van der Waals surface area contributed by atoms with Crippen LogP contribution < -0.4 is 0 Å².